The van der Waals surface area contributed by atoms with Crippen molar-refractivity contribution < 1.29 is 19.0 Å². The molecular weight excluding hydrogens is 339 g/mol. The number of nitrogens with one attached hydrogen (secondary N) is 1. The zero-order valence-electron chi connectivity index (χ0n) is 15.0. The molecule has 1 amide bonds. The van der Waals surface area contributed by atoms with Crippen LogP contribution in [0.25, 0.3) is 0 Å². The summed E-state index contributed by atoms with van der Waals surface area (Å²) in [5.74, 6) is -0.306. The van der Waals surface area contributed by atoms with Crippen LogP contribution < -0.4 is 10.1 Å². The van der Waals surface area contributed by atoms with Crippen LogP contribution in [0.2, 0.25) is 0 Å². The summed E-state index contributed by atoms with van der Waals surface area (Å²) < 4.78 is 20.7. The van der Waals surface area contributed by atoms with Gasteiger partial charge in [0.25, 0.3) is 5.91 Å². The second kappa shape index (κ2) is 7.43. The molecule has 1 aliphatic rings. The predicted octanol–water partition coefficient (Wildman–Crippen LogP) is 0.800. The molecule has 1 saturated carbocycles. The van der Waals surface area contributed by atoms with Crippen molar-refractivity contribution in [2.75, 3.05) is 14.1 Å². The maximum Gasteiger partial charge on any atom is 0.254 e. The highest BCUT2D eigenvalue weighted by atomic mass is 19.1. The monoisotopic (exact) mass is 362 g/mol. The van der Waals surface area contributed by atoms with Crippen molar-refractivity contribution in [3.8, 4) is 5.75 Å². The Bertz CT molecular complexity index is 779. The van der Waals surface area contributed by atoms with Crippen LogP contribution in [0.5, 0.6) is 5.75 Å². The molecule has 0 bridgehead atoms. The third-order valence-electron chi connectivity index (χ3n) is 4.59. The van der Waals surface area contributed by atoms with Gasteiger partial charge in [0.15, 0.2) is 0 Å². The highest BCUT2D eigenvalue weighted by Gasteiger charge is 2.45. The Kier molecular flexibility index (Phi) is 5.24. The number of aromatic nitrogens is 2. The van der Waals surface area contributed by atoms with Crippen LogP contribution in [-0.2, 0) is 7.05 Å². The fourth-order valence-corrected chi connectivity index (χ4v) is 3.42. The number of aliphatic hydroxyl groups excluding tert-OH is 1. The highest BCUT2D eigenvalue weighted by Crippen LogP contribution is 2.28. The number of rotatable bonds is 5. The number of halogens is 1. The first-order valence-electron chi connectivity index (χ1n) is 8.41. The number of hydrogen-bond acceptors (Lipinski definition) is 5. The van der Waals surface area contributed by atoms with Crippen molar-refractivity contribution in [3.05, 3.63) is 48.0 Å². The molecule has 2 N–H and O–H groups in total. The number of likely N-dealkylation sites (N-methyl/N-ethyl adjacent to an activating group) is 1. The number of carbonyl (C=O) groups is 1. The lowest BCUT2D eigenvalue weighted by molar-refractivity contribution is 0.0209. The average molecular weight is 362 g/mol. The number of aliphatic hydroxyl groups is 1. The van der Waals surface area contributed by atoms with Gasteiger partial charge < -0.3 is 20.1 Å². The average Bonchev–Trinajstić information content (AvgIpc) is 3.12. The number of carbonyl (C=O) groups excluding carboxylic acids is 1. The predicted molar refractivity (Wildman–Crippen MR) is 93.4 cm³/mol. The maximum absolute atomic E-state index is 13.4. The van der Waals surface area contributed by atoms with Gasteiger partial charge in [0.1, 0.15) is 23.8 Å². The Morgan fingerprint density at radius 3 is 2.85 bits per heavy atom. The minimum Gasteiger partial charge on any atom is -0.487 e. The summed E-state index contributed by atoms with van der Waals surface area (Å²) in [5, 5.41) is 17.6. The van der Waals surface area contributed by atoms with Gasteiger partial charge in [-0.2, -0.15) is 5.10 Å². The van der Waals surface area contributed by atoms with Gasteiger partial charge >= 0.3 is 0 Å². The molecule has 0 aliphatic heterocycles. The van der Waals surface area contributed by atoms with Crippen molar-refractivity contribution in [1.82, 2.24) is 20.0 Å². The lowest BCUT2D eigenvalue weighted by atomic mass is 10.1. The third-order valence-corrected chi connectivity index (χ3v) is 4.59. The number of amides is 1. The first kappa shape index (κ1) is 18.3. The van der Waals surface area contributed by atoms with Gasteiger partial charge in [-0.25, -0.2) is 4.39 Å². The summed E-state index contributed by atoms with van der Waals surface area (Å²) in [6, 6.07) is 5.16. The smallest absolute Gasteiger partial charge is 0.254 e. The molecule has 2 aromatic rings. The van der Waals surface area contributed by atoms with E-state index in [0.717, 1.165) is 0 Å². The zero-order valence-corrected chi connectivity index (χ0v) is 15.0. The molecule has 1 heterocycles. The van der Waals surface area contributed by atoms with E-state index in [1.54, 1.807) is 30.1 Å². The Morgan fingerprint density at radius 2 is 2.23 bits per heavy atom. The van der Waals surface area contributed by atoms with E-state index in [1.165, 1.54) is 18.3 Å². The summed E-state index contributed by atoms with van der Waals surface area (Å²) in [6.45, 7) is 0. The molecule has 1 aromatic carbocycles. The number of aryl methyl sites for hydroxylation is 1. The van der Waals surface area contributed by atoms with Crippen LogP contribution in [0, 0.1) is 5.82 Å². The number of ether oxygens (including phenoxy) is 1. The molecule has 3 rings (SSSR count). The van der Waals surface area contributed by atoms with Gasteiger partial charge in [-0.05, 0) is 26.2 Å². The Labute approximate surface area is 151 Å². The van der Waals surface area contributed by atoms with Crippen LogP contribution in [0.3, 0.4) is 0 Å². The first-order chi connectivity index (χ1) is 12.3. The van der Waals surface area contributed by atoms with Crippen molar-refractivity contribution in [1.29, 1.82) is 0 Å². The SMILES string of the molecule is CN(C)[C@@H]1[C@@H](O)[C@H](Oc2cccc(F)c2)C[C@H]1NC(=O)c1cnn(C)c1. The highest BCUT2D eigenvalue weighted by molar-refractivity contribution is 5.93. The Morgan fingerprint density at radius 1 is 1.46 bits per heavy atom. The maximum atomic E-state index is 13.4. The van der Waals surface area contributed by atoms with Gasteiger partial charge in [0.05, 0.1) is 23.8 Å². The first-order valence-corrected chi connectivity index (χ1v) is 8.41. The summed E-state index contributed by atoms with van der Waals surface area (Å²) in [5.41, 5.74) is 0.453. The summed E-state index contributed by atoms with van der Waals surface area (Å²) in [7, 11) is 5.41. The van der Waals surface area contributed by atoms with Crippen LogP contribution >= 0.6 is 0 Å². The van der Waals surface area contributed by atoms with Crippen molar-refractivity contribution in [2.45, 2.75) is 30.7 Å². The van der Waals surface area contributed by atoms with E-state index in [-0.39, 0.29) is 18.0 Å². The molecule has 1 fully saturated rings. The topological polar surface area (TPSA) is 79.6 Å². The van der Waals surface area contributed by atoms with E-state index >= 15 is 0 Å². The quantitative estimate of drug-likeness (QED) is 0.823. The van der Waals surface area contributed by atoms with Gasteiger partial charge in [-0.15, -0.1) is 0 Å². The van der Waals surface area contributed by atoms with Gasteiger partial charge in [-0.3, -0.25) is 9.48 Å². The lowest BCUT2D eigenvalue weighted by Gasteiger charge is -2.29. The minimum atomic E-state index is -0.826. The molecular formula is C18H23FN4O3. The van der Waals surface area contributed by atoms with Crippen LogP contribution in [0.15, 0.2) is 36.7 Å². The fraction of sp³-hybridized carbons (Fsp3) is 0.444. The molecule has 140 valence electrons. The molecule has 0 unspecified atom stereocenters. The Hall–Kier alpha value is -2.45. The zero-order chi connectivity index (χ0) is 18.8. The van der Waals surface area contributed by atoms with Gasteiger partial charge in [0.2, 0.25) is 0 Å². The van der Waals surface area contributed by atoms with Crippen LogP contribution in [-0.4, -0.2) is 64.1 Å². The number of benzene rings is 1. The number of nitrogens with zero attached hydrogens (tertiary/aromatic N) is 3. The molecule has 26 heavy (non-hydrogen) atoms. The molecule has 7 nitrogen and oxygen atoms in total. The van der Waals surface area contributed by atoms with Gasteiger partial charge in [-0.1, -0.05) is 6.07 Å². The van der Waals surface area contributed by atoms with Gasteiger partial charge in [0, 0.05) is 25.7 Å². The van der Waals surface area contributed by atoms with E-state index < -0.39 is 18.0 Å². The van der Waals surface area contributed by atoms with E-state index in [1.807, 2.05) is 19.0 Å². The molecule has 1 aliphatic carbocycles. The second-order valence-electron chi connectivity index (χ2n) is 6.78. The number of hydrogen-bond donors (Lipinski definition) is 2. The summed E-state index contributed by atoms with van der Waals surface area (Å²) in [6.07, 6.45) is 2.15. The van der Waals surface area contributed by atoms with E-state index in [4.69, 9.17) is 4.74 Å². The summed E-state index contributed by atoms with van der Waals surface area (Å²) in [4.78, 5) is 14.3. The molecule has 4 atom stereocenters. The molecule has 1 aromatic heterocycles. The van der Waals surface area contributed by atoms with Crippen LogP contribution in [0.4, 0.5) is 4.39 Å². The normalized spacial score (nSPS) is 25.5. The minimum absolute atomic E-state index is 0.256. The van der Waals surface area contributed by atoms with E-state index in [9.17, 15) is 14.3 Å². The lowest BCUT2D eigenvalue weighted by Crippen LogP contribution is -2.50. The molecule has 0 saturated heterocycles. The Balaban J connectivity index is 1.73. The van der Waals surface area contributed by atoms with E-state index in [2.05, 4.69) is 10.4 Å². The second-order valence-corrected chi connectivity index (χ2v) is 6.78. The van der Waals surface area contributed by atoms with Crippen molar-refractivity contribution in [3.63, 3.8) is 0 Å². The summed E-state index contributed by atoms with van der Waals surface area (Å²) >= 11 is 0. The van der Waals surface area contributed by atoms with Crippen molar-refractivity contribution in [2.24, 2.45) is 7.05 Å². The molecule has 8 heteroatoms. The molecule has 0 spiro atoms. The molecule has 0 radical (unpaired) electrons. The largest absolute Gasteiger partial charge is 0.487 e. The fourth-order valence-electron chi connectivity index (χ4n) is 3.42. The van der Waals surface area contributed by atoms with Crippen molar-refractivity contribution >= 4 is 5.91 Å². The van der Waals surface area contributed by atoms with E-state index in [0.29, 0.717) is 17.7 Å². The van der Waals surface area contributed by atoms with Crippen LogP contribution in [0.1, 0.15) is 16.8 Å². The third kappa shape index (κ3) is 3.86. The standard InChI is InChI=1S/C18H23FN4O3/c1-22(2)16-14(21-18(25)11-9-20-23(3)10-11)8-15(17(16)24)26-13-6-4-5-12(19)7-13/h4-7,9-10,14-17,24H,8H2,1-3H3,(H,21,25)/t14-,15-,16+,17+/m1/s1.